The predicted octanol–water partition coefficient (Wildman–Crippen LogP) is 4.02. The van der Waals surface area contributed by atoms with E-state index in [1.807, 2.05) is 48.5 Å². The van der Waals surface area contributed by atoms with Crippen LogP contribution in [0, 0.1) is 5.82 Å². The number of para-hydroxylation sites is 3. The van der Waals surface area contributed by atoms with Gasteiger partial charge >= 0.3 is 0 Å². The first kappa shape index (κ1) is 19.7. The molecule has 0 aliphatic carbocycles. The summed E-state index contributed by atoms with van der Waals surface area (Å²) in [7, 11) is -3.75. The Morgan fingerprint density at radius 3 is 2.32 bits per heavy atom. The SMILES string of the molecule is O=S(=O)(c1cccc(F)c1)N1CCN(C2=Nc3ccccc3Oc3ccccc32)CC1. The van der Waals surface area contributed by atoms with Gasteiger partial charge in [0.1, 0.15) is 23.1 Å². The first-order valence-electron chi connectivity index (χ1n) is 9.98. The highest BCUT2D eigenvalue weighted by Crippen LogP contribution is 2.38. The number of hydrogen-bond acceptors (Lipinski definition) is 5. The summed E-state index contributed by atoms with van der Waals surface area (Å²) in [5.74, 6) is 1.57. The number of piperazine rings is 1. The number of benzene rings is 3. The lowest BCUT2D eigenvalue weighted by molar-refractivity contribution is 0.266. The van der Waals surface area contributed by atoms with E-state index in [1.54, 1.807) is 0 Å². The van der Waals surface area contributed by atoms with E-state index >= 15 is 0 Å². The smallest absolute Gasteiger partial charge is 0.243 e. The van der Waals surface area contributed by atoms with Crippen LogP contribution in [0.1, 0.15) is 5.56 Å². The second-order valence-corrected chi connectivity index (χ2v) is 9.29. The molecule has 3 aromatic carbocycles. The van der Waals surface area contributed by atoms with E-state index in [2.05, 4.69) is 4.90 Å². The van der Waals surface area contributed by atoms with Crippen molar-refractivity contribution in [2.45, 2.75) is 4.90 Å². The first-order chi connectivity index (χ1) is 15.0. The highest BCUT2D eigenvalue weighted by molar-refractivity contribution is 7.89. The van der Waals surface area contributed by atoms with Crippen molar-refractivity contribution in [1.29, 1.82) is 0 Å². The Morgan fingerprint density at radius 1 is 0.839 bits per heavy atom. The van der Waals surface area contributed by atoms with Gasteiger partial charge in [0.25, 0.3) is 0 Å². The topological polar surface area (TPSA) is 62.2 Å². The van der Waals surface area contributed by atoms with E-state index in [4.69, 9.17) is 9.73 Å². The van der Waals surface area contributed by atoms with Crippen LogP contribution in [0.4, 0.5) is 10.1 Å². The van der Waals surface area contributed by atoms with Crippen molar-refractivity contribution in [1.82, 2.24) is 9.21 Å². The number of rotatable bonds is 2. The van der Waals surface area contributed by atoms with Crippen molar-refractivity contribution in [2.24, 2.45) is 4.99 Å². The maximum atomic E-state index is 13.6. The standard InChI is InChI=1S/C23H20FN3O3S/c24-17-6-5-7-18(16-17)31(28,29)27-14-12-26(13-15-27)23-19-8-1-3-10-21(19)30-22-11-4-2-9-20(22)25-23/h1-11,16H,12-15H2. The van der Waals surface area contributed by atoms with Crippen molar-refractivity contribution in [3.8, 4) is 11.5 Å². The number of halogens is 1. The molecule has 0 unspecified atom stereocenters. The molecule has 0 bridgehead atoms. The maximum absolute atomic E-state index is 13.6. The molecule has 5 rings (SSSR count). The molecule has 0 saturated carbocycles. The van der Waals surface area contributed by atoms with Crippen LogP contribution >= 0.6 is 0 Å². The van der Waals surface area contributed by atoms with E-state index in [0.29, 0.717) is 24.6 Å². The van der Waals surface area contributed by atoms with Crippen LogP contribution in [-0.4, -0.2) is 49.6 Å². The van der Waals surface area contributed by atoms with Crippen molar-refractivity contribution in [3.05, 3.63) is 84.2 Å². The van der Waals surface area contributed by atoms with Gasteiger partial charge in [0.2, 0.25) is 10.0 Å². The Kier molecular flexibility index (Phi) is 4.95. The number of sulfonamides is 1. The largest absolute Gasteiger partial charge is 0.454 e. The van der Waals surface area contributed by atoms with Crippen LogP contribution in [0.25, 0.3) is 0 Å². The third-order valence-electron chi connectivity index (χ3n) is 5.41. The van der Waals surface area contributed by atoms with Crippen LogP contribution in [0.5, 0.6) is 11.5 Å². The van der Waals surface area contributed by atoms with Crippen molar-refractivity contribution >= 4 is 21.5 Å². The quantitative estimate of drug-likeness (QED) is 0.608. The molecule has 0 radical (unpaired) electrons. The average molecular weight is 437 g/mol. The summed E-state index contributed by atoms with van der Waals surface area (Å²) in [6.45, 7) is 1.48. The minimum Gasteiger partial charge on any atom is -0.454 e. The Hall–Kier alpha value is -3.23. The average Bonchev–Trinajstić information content (AvgIpc) is 2.96. The molecule has 0 aromatic heterocycles. The number of ether oxygens (including phenoxy) is 1. The van der Waals surface area contributed by atoms with Gasteiger partial charge in [0.05, 0.1) is 10.5 Å². The number of hydrogen-bond donors (Lipinski definition) is 0. The predicted molar refractivity (Wildman–Crippen MR) is 116 cm³/mol. The summed E-state index contributed by atoms with van der Waals surface area (Å²) >= 11 is 0. The van der Waals surface area contributed by atoms with Gasteiger partial charge in [0.15, 0.2) is 5.75 Å². The lowest BCUT2D eigenvalue weighted by atomic mass is 10.1. The number of amidine groups is 1. The molecule has 0 atom stereocenters. The molecule has 1 fully saturated rings. The summed E-state index contributed by atoms with van der Waals surface area (Å²) in [5.41, 5.74) is 1.59. The summed E-state index contributed by atoms with van der Waals surface area (Å²) in [6, 6.07) is 20.4. The van der Waals surface area contributed by atoms with Crippen LogP contribution in [0.3, 0.4) is 0 Å². The molecule has 0 spiro atoms. The molecule has 2 heterocycles. The third kappa shape index (κ3) is 3.68. The van der Waals surface area contributed by atoms with Crippen LogP contribution in [-0.2, 0) is 10.0 Å². The Morgan fingerprint density at radius 2 is 1.55 bits per heavy atom. The molecular weight excluding hydrogens is 417 g/mol. The Balaban J connectivity index is 1.43. The van der Waals surface area contributed by atoms with Gasteiger partial charge < -0.3 is 9.64 Å². The molecule has 8 heteroatoms. The number of fused-ring (bicyclic) bond motifs is 2. The van der Waals surface area contributed by atoms with Crippen LogP contribution in [0.2, 0.25) is 0 Å². The van der Waals surface area contributed by atoms with Crippen molar-refractivity contribution in [3.63, 3.8) is 0 Å². The van der Waals surface area contributed by atoms with E-state index in [0.717, 1.165) is 23.2 Å². The molecule has 2 aliphatic heterocycles. The van der Waals surface area contributed by atoms with E-state index in [1.165, 1.54) is 22.5 Å². The van der Waals surface area contributed by atoms with Gasteiger partial charge in [-0.05, 0) is 42.5 Å². The van der Waals surface area contributed by atoms with E-state index in [-0.39, 0.29) is 18.0 Å². The fourth-order valence-electron chi connectivity index (χ4n) is 3.83. The van der Waals surface area contributed by atoms with Gasteiger partial charge in [-0.25, -0.2) is 17.8 Å². The molecule has 2 aliphatic rings. The van der Waals surface area contributed by atoms with E-state index < -0.39 is 15.8 Å². The maximum Gasteiger partial charge on any atom is 0.243 e. The molecule has 6 nitrogen and oxygen atoms in total. The van der Waals surface area contributed by atoms with Crippen molar-refractivity contribution in [2.75, 3.05) is 26.2 Å². The molecule has 0 N–H and O–H groups in total. The van der Waals surface area contributed by atoms with Gasteiger partial charge in [-0.3, -0.25) is 0 Å². The van der Waals surface area contributed by atoms with Gasteiger partial charge in [-0.1, -0.05) is 30.3 Å². The van der Waals surface area contributed by atoms with Gasteiger partial charge in [-0.2, -0.15) is 4.31 Å². The zero-order chi connectivity index (χ0) is 21.4. The van der Waals surface area contributed by atoms with Crippen LogP contribution < -0.4 is 4.74 Å². The lowest BCUT2D eigenvalue weighted by Crippen LogP contribution is -2.50. The third-order valence-corrected chi connectivity index (χ3v) is 7.31. The minimum absolute atomic E-state index is 0.0274. The molecular formula is C23H20FN3O3S. The summed E-state index contributed by atoms with van der Waals surface area (Å²) in [4.78, 5) is 6.91. The fourth-order valence-corrected chi connectivity index (χ4v) is 5.28. The second-order valence-electron chi connectivity index (χ2n) is 7.35. The van der Waals surface area contributed by atoms with Gasteiger partial charge in [0, 0.05) is 26.2 Å². The Labute approximate surface area is 180 Å². The highest BCUT2D eigenvalue weighted by atomic mass is 32.2. The summed E-state index contributed by atoms with van der Waals surface area (Å²) in [5, 5.41) is 0. The normalized spacial score (nSPS) is 16.5. The lowest BCUT2D eigenvalue weighted by Gasteiger charge is -2.35. The number of aliphatic imine (C=N–C) groups is 1. The molecule has 31 heavy (non-hydrogen) atoms. The molecule has 158 valence electrons. The first-order valence-corrected chi connectivity index (χ1v) is 11.4. The zero-order valence-corrected chi connectivity index (χ0v) is 17.4. The van der Waals surface area contributed by atoms with E-state index in [9.17, 15) is 12.8 Å². The monoisotopic (exact) mass is 437 g/mol. The van der Waals surface area contributed by atoms with Gasteiger partial charge in [-0.15, -0.1) is 0 Å². The highest BCUT2D eigenvalue weighted by Gasteiger charge is 2.31. The molecule has 1 saturated heterocycles. The summed E-state index contributed by atoms with van der Waals surface area (Å²) < 4.78 is 46.9. The van der Waals surface area contributed by atoms with Crippen LogP contribution in [0.15, 0.2) is 82.7 Å². The Bertz CT molecular complexity index is 1270. The molecule has 3 aromatic rings. The number of nitrogens with zero attached hydrogens (tertiary/aromatic N) is 3. The zero-order valence-electron chi connectivity index (χ0n) is 16.6. The second kappa shape index (κ2) is 7.79. The molecule has 0 amide bonds. The van der Waals surface area contributed by atoms with Crippen molar-refractivity contribution < 1.29 is 17.5 Å². The fraction of sp³-hybridized carbons (Fsp3) is 0.174. The summed E-state index contributed by atoms with van der Waals surface area (Å²) in [6.07, 6.45) is 0. The minimum atomic E-state index is -3.75.